The molecule has 1 N–H and O–H groups in total. The van der Waals surface area contributed by atoms with Crippen molar-refractivity contribution < 1.29 is 18.0 Å². The van der Waals surface area contributed by atoms with E-state index in [9.17, 15) is 18.0 Å². The molecule has 3 aromatic rings. The van der Waals surface area contributed by atoms with Gasteiger partial charge < -0.3 is 10.2 Å². The van der Waals surface area contributed by atoms with Crippen LogP contribution in [-0.4, -0.2) is 43.8 Å². The molecule has 0 fully saturated rings. The summed E-state index contributed by atoms with van der Waals surface area (Å²) >= 11 is 12.9. The lowest BCUT2D eigenvalue weighted by molar-refractivity contribution is -0.139. The highest BCUT2D eigenvalue weighted by atomic mass is 35.5. The number of halogens is 2. The predicted octanol–water partition coefficient (Wildman–Crippen LogP) is 6.14. The Balaban J connectivity index is 2.08. The Morgan fingerprint density at radius 2 is 1.50 bits per heavy atom. The number of hydrogen-bond donors (Lipinski definition) is 1. The zero-order chi connectivity index (χ0) is 29.6. The van der Waals surface area contributed by atoms with E-state index in [0.717, 1.165) is 9.87 Å². The van der Waals surface area contributed by atoms with Crippen molar-refractivity contribution in [3.63, 3.8) is 0 Å². The van der Waals surface area contributed by atoms with Crippen LogP contribution in [-0.2, 0) is 26.2 Å². The third-order valence-corrected chi connectivity index (χ3v) is 9.31. The largest absolute Gasteiger partial charge is 0.352 e. The summed E-state index contributed by atoms with van der Waals surface area (Å²) in [6, 6.07) is 17.3. The number of para-hydroxylation sites is 1. The molecular weight excluding hydrogens is 569 g/mol. The van der Waals surface area contributed by atoms with Gasteiger partial charge in [-0.2, -0.15) is 0 Å². The molecule has 0 aliphatic heterocycles. The third-order valence-electron chi connectivity index (χ3n) is 6.83. The van der Waals surface area contributed by atoms with Crippen LogP contribution in [0.2, 0.25) is 10.0 Å². The van der Waals surface area contributed by atoms with Gasteiger partial charge in [-0.25, -0.2) is 8.42 Å². The second kappa shape index (κ2) is 13.5. The number of nitrogens with one attached hydrogen (secondary N) is 1. The monoisotopic (exact) mass is 603 g/mol. The van der Waals surface area contributed by atoms with Gasteiger partial charge in [-0.05, 0) is 70.0 Å². The number of benzene rings is 3. The van der Waals surface area contributed by atoms with Crippen LogP contribution in [0, 0.1) is 13.8 Å². The summed E-state index contributed by atoms with van der Waals surface area (Å²) in [4.78, 5) is 28.6. The van der Waals surface area contributed by atoms with Crippen molar-refractivity contribution in [3.05, 3.63) is 93.5 Å². The van der Waals surface area contributed by atoms with Crippen LogP contribution in [0.3, 0.4) is 0 Å². The van der Waals surface area contributed by atoms with Crippen molar-refractivity contribution >= 4 is 50.7 Å². The molecule has 2 amide bonds. The zero-order valence-corrected chi connectivity index (χ0v) is 25.6. The third kappa shape index (κ3) is 7.36. The number of carbonyl (C=O) groups is 2. The van der Waals surface area contributed by atoms with E-state index < -0.39 is 28.5 Å². The van der Waals surface area contributed by atoms with Gasteiger partial charge in [-0.1, -0.05) is 72.1 Å². The number of rotatable bonds is 11. The molecule has 3 aromatic carbocycles. The molecule has 0 saturated carbocycles. The summed E-state index contributed by atoms with van der Waals surface area (Å²) < 4.78 is 29.0. The van der Waals surface area contributed by atoms with E-state index in [-0.39, 0.29) is 23.4 Å². The predicted molar refractivity (Wildman–Crippen MR) is 161 cm³/mol. The topological polar surface area (TPSA) is 86.8 Å². The molecule has 3 rings (SSSR count). The molecule has 0 aliphatic carbocycles. The van der Waals surface area contributed by atoms with Crippen molar-refractivity contribution in [1.29, 1.82) is 0 Å². The van der Waals surface area contributed by atoms with Crippen molar-refractivity contribution in [2.24, 2.45) is 0 Å². The molecule has 0 bridgehead atoms. The Morgan fingerprint density at radius 3 is 2.08 bits per heavy atom. The summed E-state index contributed by atoms with van der Waals surface area (Å²) in [6.45, 7) is 8.44. The number of sulfonamides is 1. The second-order valence-electron chi connectivity index (χ2n) is 9.83. The van der Waals surface area contributed by atoms with Crippen LogP contribution in [0.25, 0.3) is 0 Å². The first-order valence-electron chi connectivity index (χ1n) is 13.0. The van der Waals surface area contributed by atoms with Gasteiger partial charge in [0.2, 0.25) is 11.8 Å². The van der Waals surface area contributed by atoms with E-state index in [1.165, 1.54) is 17.0 Å². The normalized spacial score (nSPS) is 12.9. The average Bonchev–Trinajstić information content (AvgIpc) is 2.91. The van der Waals surface area contributed by atoms with Gasteiger partial charge in [0.15, 0.2) is 0 Å². The van der Waals surface area contributed by atoms with E-state index in [0.29, 0.717) is 33.3 Å². The molecule has 0 radical (unpaired) electrons. The number of aryl methyl sites for hydroxylation is 2. The second-order valence-corrected chi connectivity index (χ2v) is 12.5. The fourth-order valence-electron chi connectivity index (χ4n) is 4.10. The summed E-state index contributed by atoms with van der Waals surface area (Å²) in [7, 11) is -4.15. The van der Waals surface area contributed by atoms with E-state index in [2.05, 4.69) is 5.32 Å². The van der Waals surface area contributed by atoms with E-state index in [4.69, 9.17) is 23.2 Å². The summed E-state index contributed by atoms with van der Waals surface area (Å²) in [5.74, 6) is -0.948. The first-order chi connectivity index (χ1) is 18.9. The van der Waals surface area contributed by atoms with Crippen molar-refractivity contribution in [2.75, 3.05) is 10.8 Å². The highest BCUT2D eigenvalue weighted by Crippen LogP contribution is 2.29. The Kier molecular flexibility index (Phi) is 10.6. The summed E-state index contributed by atoms with van der Waals surface area (Å²) in [6.07, 6.45) is 0.707. The molecule has 7 nitrogen and oxygen atoms in total. The number of nitrogens with zero attached hydrogens (tertiary/aromatic N) is 2. The van der Waals surface area contributed by atoms with Gasteiger partial charge in [-0.15, -0.1) is 0 Å². The first kappa shape index (κ1) is 31.5. The van der Waals surface area contributed by atoms with Gasteiger partial charge in [0.05, 0.1) is 10.6 Å². The molecule has 0 unspecified atom stereocenters. The Bertz CT molecular complexity index is 1440. The van der Waals surface area contributed by atoms with Crippen LogP contribution >= 0.6 is 23.2 Å². The Morgan fingerprint density at radius 1 is 0.900 bits per heavy atom. The molecule has 0 saturated heterocycles. The lowest BCUT2D eigenvalue weighted by Gasteiger charge is -2.33. The minimum atomic E-state index is -4.15. The summed E-state index contributed by atoms with van der Waals surface area (Å²) in [5.41, 5.74) is 2.41. The SMILES string of the molecule is CC[C@H](C)NC(=O)[C@H](C)N(Cc1c(Cl)cccc1Cl)C(=O)CN(c1ccccc1C)S(=O)(=O)c1ccc(C)cc1. The highest BCUT2D eigenvalue weighted by Gasteiger charge is 2.33. The van der Waals surface area contributed by atoms with Crippen LogP contribution < -0.4 is 9.62 Å². The highest BCUT2D eigenvalue weighted by molar-refractivity contribution is 7.92. The van der Waals surface area contributed by atoms with E-state index in [1.807, 2.05) is 20.8 Å². The fourth-order valence-corrected chi connectivity index (χ4v) is 6.09. The van der Waals surface area contributed by atoms with E-state index >= 15 is 0 Å². The lowest BCUT2D eigenvalue weighted by atomic mass is 10.1. The molecule has 0 spiro atoms. The van der Waals surface area contributed by atoms with Gasteiger partial charge in [0.1, 0.15) is 12.6 Å². The quantitative estimate of drug-likeness (QED) is 0.285. The average molecular weight is 605 g/mol. The van der Waals surface area contributed by atoms with Crippen LogP contribution in [0.5, 0.6) is 0 Å². The van der Waals surface area contributed by atoms with Gasteiger partial charge in [0.25, 0.3) is 10.0 Å². The molecule has 214 valence electrons. The molecule has 10 heteroatoms. The van der Waals surface area contributed by atoms with Crippen LogP contribution in [0.1, 0.15) is 43.9 Å². The molecule has 0 heterocycles. The molecule has 40 heavy (non-hydrogen) atoms. The Hall–Kier alpha value is -3.07. The number of anilines is 1. The van der Waals surface area contributed by atoms with Crippen molar-refractivity contribution in [3.8, 4) is 0 Å². The Labute approximate surface area is 247 Å². The molecular formula is C30H35Cl2N3O4S. The zero-order valence-electron chi connectivity index (χ0n) is 23.3. The minimum Gasteiger partial charge on any atom is -0.352 e. The maximum atomic E-state index is 14.1. The maximum Gasteiger partial charge on any atom is 0.264 e. The van der Waals surface area contributed by atoms with Crippen molar-refractivity contribution in [1.82, 2.24) is 10.2 Å². The van der Waals surface area contributed by atoms with Crippen LogP contribution in [0.15, 0.2) is 71.6 Å². The standard InChI is InChI=1S/C30H35Cl2N3O4S/c1-6-22(4)33-30(37)23(5)34(18-25-26(31)11-9-12-27(25)32)29(36)19-35(28-13-8-7-10-21(28)3)40(38,39)24-16-14-20(2)15-17-24/h7-17,22-23H,6,18-19H2,1-5H3,(H,33,37)/t22-,23-/m0/s1. The van der Waals surface area contributed by atoms with E-state index in [1.54, 1.807) is 68.4 Å². The van der Waals surface area contributed by atoms with Crippen LogP contribution in [0.4, 0.5) is 5.69 Å². The number of amides is 2. The fraction of sp³-hybridized carbons (Fsp3) is 0.333. The van der Waals surface area contributed by atoms with Crippen molar-refractivity contribution in [2.45, 2.75) is 64.6 Å². The smallest absolute Gasteiger partial charge is 0.264 e. The minimum absolute atomic E-state index is 0.0532. The number of hydrogen-bond acceptors (Lipinski definition) is 4. The lowest BCUT2D eigenvalue weighted by Crippen LogP contribution is -2.52. The van der Waals surface area contributed by atoms with Gasteiger partial charge in [0, 0.05) is 28.2 Å². The van der Waals surface area contributed by atoms with Gasteiger partial charge >= 0.3 is 0 Å². The molecule has 0 aromatic heterocycles. The number of carbonyl (C=O) groups excluding carboxylic acids is 2. The first-order valence-corrected chi connectivity index (χ1v) is 15.2. The summed E-state index contributed by atoms with van der Waals surface area (Å²) in [5, 5.41) is 3.58. The maximum absolute atomic E-state index is 14.1. The molecule has 2 atom stereocenters. The van der Waals surface area contributed by atoms with Gasteiger partial charge in [-0.3, -0.25) is 13.9 Å². The molecule has 0 aliphatic rings.